The zero-order chi connectivity index (χ0) is 13.6. The third kappa shape index (κ3) is 1.61. The van der Waals surface area contributed by atoms with Crippen molar-refractivity contribution in [2.24, 2.45) is 0 Å². The second-order valence-electron chi connectivity index (χ2n) is 5.16. The van der Waals surface area contributed by atoms with Gasteiger partial charge in [0, 0.05) is 10.9 Å². The Kier molecular flexibility index (Phi) is 2.86. The molecule has 1 aliphatic carbocycles. The summed E-state index contributed by atoms with van der Waals surface area (Å²) >= 11 is 0. The van der Waals surface area contributed by atoms with E-state index in [0.29, 0.717) is 5.92 Å². The Morgan fingerprint density at radius 1 is 1.47 bits per heavy atom. The molecule has 0 unspecified atom stereocenters. The molecular formula is C16H18O3. The van der Waals surface area contributed by atoms with Crippen molar-refractivity contribution in [1.82, 2.24) is 0 Å². The molecule has 0 aliphatic heterocycles. The lowest BCUT2D eigenvalue weighted by Gasteiger charge is -2.24. The highest BCUT2D eigenvalue weighted by Gasteiger charge is 2.26. The smallest absolute Gasteiger partial charge is 0.176 e. The number of ether oxygens (including phenoxy) is 1. The molecule has 1 atom stereocenters. The number of furan rings is 1. The molecule has 0 fully saturated rings. The van der Waals surface area contributed by atoms with Crippen LogP contribution in [0.4, 0.5) is 0 Å². The second kappa shape index (κ2) is 4.42. The minimum atomic E-state index is 0.0291. The molecule has 0 bridgehead atoms. The van der Waals surface area contributed by atoms with Crippen molar-refractivity contribution in [1.29, 1.82) is 0 Å². The molecule has 3 rings (SSSR count). The number of aliphatic hydroxyl groups excluding tert-OH is 1. The van der Waals surface area contributed by atoms with Gasteiger partial charge in [-0.1, -0.05) is 19.1 Å². The van der Waals surface area contributed by atoms with Gasteiger partial charge in [-0.2, -0.15) is 0 Å². The van der Waals surface area contributed by atoms with Gasteiger partial charge < -0.3 is 14.3 Å². The highest BCUT2D eigenvalue weighted by Crippen LogP contribution is 2.44. The Morgan fingerprint density at radius 3 is 2.95 bits per heavy atom. The molecule has 0 saturated carbocycles. The van der Waals surface area contributed by atoms with Crippen LogP contribution in [-0.2, 0) is 6.61 Å². The Labute approximate surface area is 112 Å². The lowest BCUT2D eigenvalue weighted by molar-refractivity contribution is 0.281. The molecule has 0 amide bonds. The number of aryl methyl sites for hydroxylation is 1. The van der Waals surface area contributed by atoms with Gasteiger partial charge in [0.2, 0.25) is 0 Å². The average Bonchev–Trinajstić information content (AvgIpc) is 2.79. The molecule has 1 aromatic heterocycles. The number of fused-ring (bicyclic) bond motifs is 2. The third-order valence-electron chi connectivity index (χ3n) is 3.97. The molecule has 1 N–H and O–H groups in total. The van der Waals surface area contributed by atoms with Crippen LogP contribution in [0.3, 0.4) is 0 Å². The van der Waals surface area contributed by atoms with Gasteiger partial charge in [-0.25, -0.2) is 0 Å². The summed E-state index contributed by atoms with van der Waals surface area (Å²) in [6.07, 6.45) is 6.95. The van der Waals surface area contributed by atoms with Crippen molar-refractivity contribution in [2.45, 2.75) is 32.8 Å². The van der Waals surface area contributed by atoms with E-state index in [0.717, 1.165) is 39.8 Å². The van der Waals surface area contributed by atoms with Crippen molar-refractivity contribution < 1.29 is 14.3 Å². The third-order valence-corrected chi connectivity index (χ3v) is 3.97. The number of aliphatic hydroxyl groups is 1. The normalized spacial score (nSPS) is 17.8. The average molecular weight is 258 g/mol. The molecule has 0 saturated heterocycles. The van der Waals surface area contributed by atoms with E-state index in [1.807, 2.05) is 6.92 Å². The van der Waals surface area contributed by atoms with Crippen LogP contribution in [0.1, 0.15) is 41.5 Å². The topological polar surface area (TPSA) is 42.6 Å². The van der Waals surface area contributed by atoms with E-state index < -0.39 is 0 Å². The fourth-order valence-corrected chi connectivity index (χ4v) is 3.13. The standard InChI is InChI=1S/C16H18O3/c1-9-5-4-6-11-13(9)12(7-17)14-10(2)8-19-16(14)15(11)18-3/h4,6,8-9,17H,5,7H2,1-3H3/t9-/m1/s1. The Balaban J connectivity index is 2.51. The van der Waals surface area contributed by atoms with Crippen LogP contribution in [0.25, 0.3) is 17.0 Å². The maximum absolute atomic E-state index is 9.81. The monoisotopic (exact) mass is 258 g/mol. The lowest BCUT2D eigenvalue weighted by atomic mass is 9.82. The number of benzene rings is 1. The number of hydrogen-bond acceptors (Lipinski definition) is 3. The summed E-state index contributed by atoms with van der Waals surface area (Å²) in [5, 5.41) is 10.8. The summed E-state index contributed by atoms with van der Waals surface area (Å²) in [5.41, 5.74) is 5.00. The van der Waals surface area contributed by atoms with Crippen molar-refractivity contribution >= 4 is 17.0 Å². The van der Waals surface area contributed by atoms with Gasteiger partial charge in [-0.3, -0.25) is 0 Å². The summed E-state index contributed by atoms with van der Waals surface area (Å²) < 4.78 is 11.2. The first-order valence-corrected chi connectivity index (χ1v) is 6.57. The quantitative estimate of drug-likeness (QED) is 0.891. The van der Waals surface area contributed by atoms with Crippen molar-refractivity contribution in [3.8, 4) is 5.75 Å². The van der Waals surface area contributed by atoms with E-state index in [9.17, 15) is 5.11 Å². The lowest BCUT2D eigenvalue weighted by Crippen LogP contribution is -2.08. The molecule has 0 radical (unpaired) electrons. The van der Waals surface area contributed by atoms with E-state index in [4.69, 9.17) is 9.15 Å². The first-order valence-electron chi connectivity index (χ1n) is 6.57. The van der Waals surface area contributed by atoms with Crippen LogP contribution in [0.15, 0.2) is 16.8 Å². The maximum atomic E-state index is 9.81. The van der Waals surface area contributed by atoms with Gasteiger partial charge in [0.25, 0.3) is 0 Å². The highest BCUT2D eigenvalue weighted by molar-refractivity contribution is 5.95. The van der Waals surface area contributed by atoms with Gasteiger partial charge in [0.15, 0.2) is 11.3 Å². The van der Waals surface area contributed by atoms with E-state index in [1.54, 1.807) is 13.4 Å². The Hall–Kier alpha value is -1.74. The van der Waals surface area contributed by atoms with Crippen molar-refractivity contribution in [2.75, 3.05) is 7.11 Å². The van der Waals surface area contributed by atoms with Gasteiger partial charge in [-0.15, -0.1) is 0 Å². The van der Waals surface area contributed by atoms with Crippen molar-refractivity contribution in [3.05, 3.63) is 34.6 Å². The van der Waals surface area contributed by atoms with Gasteiger partial charge >= 0.3 is 0 Å². The van der Waals surface area contributed by atoms with Gasteiger partial charge in [0.1, 0.15) is 0 Å². The summed E-state index contributed by atoms with van der Waals surface area (Å²) in [5.74, 6) is 1.16. The molecule has 0 spiro atoms. The molecule has 2 aromatic rings. The molecule has 19 heavy (non-hydrogen) atoms. The SMILES string of the molecule is COc1c2c(c(CO)c3c(C)coc13)[C@H](C)CC=C2. The molecule has 3 heteroatoms. The zero-order valence-electron chi connectivity index (χ0n) is 11.5. The van der Waals surface area contributed by atoms with Crippen LogP contribution in [0.5, 0.6) is 5.75 Å². The second-order valence-corrected chi connectivity index (χ2v) is 5.16. The first kappa shape index (κ1) is 12.3. The predicted octanol–water partition coefficient (Wildman–Crippen LogP) is 3.76. The van der Waals surface area contributed by atoms with Crippen molar-refractivity contribution in [3.63, 3.8) is 0 Å². The fourth-order valence-electron chi connectivity index (χ4n) is 3.13. The van der Waals surface area contributed by atoms with Gasteiger partial charge in [-0.05, 0) is 36.0 Å². The molecule has 1 aromatic carbocycles. The zero-order valence-corrected chi connectivity index (χ0v) is 11.5. The molecular weight excluding hydrogens is 240 g/mol. The van der Waals surface area contributed by atoms with Gasteiger partial charge in [0.05, 0.1) is 20.0 Å². The minimum absolute atomic E-state index is 0.0291. The van der Waals surface area contributed by atoms with Crippen LogP contribution in [-0.4, -0.2) is 12.2 Å². The summed E-state index contributed by atoms with van der Waals surface area (Å²) in [6, 6.07) is 0. The fraction of sp³-hybridized carbons (Fsp3) is 0.375. The molecule has 100 valence electrons. The largest absolute Gasteiger partial charge is 0.492 e. The molecule has 1 aliphatic rings. The van der Waals surface area contributed by atoms with Crippen LogP contribution in [0, 0.1) is 6.92 Å². The summed E-state index contributed by atoms with van der Waals surface area (Å²) in [4.78, 5) is 0. The van der Waals surface area contributed by atoms with Crippen LogP contribution in [0.2, 0.25) is 0 Å². The Bertz CT molecular complexity index is 664. The van der Waals surface area contributed by atoms with E-state index >= 15 is 0 Å². The van der Waals surface area contributed by atoms with Crippen LogP contribution < -0.4 is 4.74 Å². The van der Waals surface area contributed by atoms with E-state index in [-0.39, 0.29) is 6.61 Å². The van der Waals surface area contributed by atoms with Crippen LogP contribution >= 0.6 is 0 Å². The van der Waals surface area contributed by atoms with E-state index in [1.165, 1.54) is 5.56 Å². The predicted molar refractivity (Wildman–Crippen MR) is 75.5 cm³/mol. The maximum Gasteiger partial charge on any atom is 0.176 e. The summed E-state index contributed by atoms with van der Waals surface area (Å²) in [6.45, 7) is 4.21. The number of methoxy groups -OCH3 is 1. The number of allylic oxidation sites excluding steroid dienone is 1. The first-order chi connectivity index (χ1) is 9.19. The highest BCUT2D eigenvalue weighted by atomic mass is 16.5. The number of hydrogen-bond donors (Lipinski definition) is 1. The Morgan fingerprint density at radius 2 is 2.26 bits per heavy atom. The number of rotatable bonds is 2. The van der Waals surface area contributed by atoms with E-state index in [2.05, 4.69) is 19.1 Å². The molecule has 3 nitrogen and oxygen atoms in total. The summed E-state index contributed by atoms with van der Waals surface area (Å²) in [7, 11) is 1.67. The molecule has 1 heterocycles. The minimum Gasteiger partial charge on any atom is -0.492 e.